The standard InChI is InChI=1S/C24H42N2O3/c1-2-3-4-5-6-7-8-9-10-14-18-26(22-23-15-12-11-13-16-23)19-17-25-24(28)29-21-20-27/h11-13,15-16,27H,2-10,14,17-22H2,1H3,(H,25,28). The summed E-state index contributed by atoms with van der Waals surface area (Å²) in [5, 5.41) is 11.5. The highest BCUT2D eigenvalue weighted by Gasteiger charge is 2.08. The summed E-state index contributed by atoms with van der Waals surface area (Å²) in [6.45, 7) is 5.43. The van der Waals surface area contributed by atoms with Gasteiger partial charge in [-0.15, -0.1) is 0 Å². The van der Waals surface area contributed by atoms with Crippen molar-refractivity contribution in [1.29, 1.82) is 0 Å². The molecule has 0 spiro atoms. The summed E-state index contributed by atoms with van der Waals surface area (Å²) < 4.78 is 4.84. The number of hydrogen-bond donors (Lipinski definition) is 2. The van der Waals surface area contributed by atoms with Crippen LogP contribution in [0.3, 0.4) is 0 Å². The number of unbranched alkanes of at least 4 members (excludes halogenated alkanes) is 9. The number of rotatable bonds is 18. The van der Waals surface area contributed by atoms with Crippen molar-refractivity contribution in [1.82, 2.24) is 10.2 Å². The number of amides is 1. The van der Waals surface area contributed by atoms with Crippen LogP contribution in [0.15, 0.2) is 30.3 Å². The lowest BCUT2D eigenvalue weighted by Gasteiger charge is -2.22. The molecule has 1 aromatic carbocycles. The van der Waals surface area contributed by atoms with E-state index in [2.05, 4.69) is 41.4 Å². The summed E-state index contributed by atoms with van der Waals surface area (Å²) in [5.41, 5.74) is 1.29. The van der Waals surface area contributed by atoms with E-state index in [-0.39, 0.29) is 13.2 Å². The number of nitrogens with zero attached hydrogens (tertiary/aromatic N) is 1. The molecular formula is C24H42N2O3. The topological polar surface area (TPSA) is 61.8 Å². The summed E-state index contributed by atoms with van der Waals surface area (Å²) in [7, 11) is 0. The van der Waals surface area contributed by atoms with Crippen LogP contribution in [0.1, 0.15) is 76.7 Å². The molecule has 0 atom stereocenters. The van der Waals surface area contributed by atoms with E-state index in [1.165, 1.54) is 69.8 Å². The summed E-state index contributed by atoms with van der Waals surface area (Å²) in [4.78, 5) is 13.9. The number of nitrogens with one attached hydrogen (secondary N) is 1. The molecule has 0 aliphatic carbocycles. The number of aliphatic hydroxyl groups is 1. The van der Waals surface area contributed by atoms with E-state index < -0.39 is 6.09 Å². The van der Waals surface area contributed by atoms with Crippen LogP contribution in [0.25, 0.3) is 0 Å². The summed E-state index contributed by atoms with van der Waals surface area (Å²) >= 11 is 0. The van der Waals surface area contributed by atoms with Gasteiger partial charge in [-0.3, -0.25) is 4.90 Å². The molecule has 1 amide bonds. The van der Waals surface area contributed by atoms with Gasteiger partial charge in [-0.1, -0.05) is 95.0 Å². The van der Waals surface area contributed by atoms with Crippen molar-refractivity contribution in [2.45, 2.75) is 77.7 Å². The van der Waals surface area contributed by atoms with Crippen LogP contribution < -0.4 is 5.32 Å². The van der Waals surface area contributed by atoms with Gasteiger partial charge in [0.1, 0.15) is 6.61 Å². The Hall–Kier alpha value is -1.59. The van der Waals surface area contributed by atoms with Crippen molar-refractivity contribution in [3.63, 3.8) is 0 Å². The Morgan fingerprint density at radius 2 is 1.55 bits per heavy atom. The van der Waals surface area contributed by atoms with E-state index in [9.17, 15) is 4.79 Å². The van der Waals surface area contributed by atoms with Crippen molar-refractivity contribution in [2.24, 2.45) is 0 Å². The third-order valence-corrected chi connectivity index (χ3v) is 5.10. The molecule has 0 saturated carbocycles. The molecule has 5 heteroatoms. The Labute approximate surface area is 177 Å². The quantitative estimate of drug-likeness (QED) is 0.332. The van der Waals surface area contributed by atoms with E-state index in [0.29, 0.717) is 6.54 Å². The van der Waals surface area contributed by atoms with Crippen LogP contribution in [0.5, 0.6) is 0 Å². The van der Waals surface area contributed by atoms with Crippen LogP contribution in [0.4, 0.5) is 4.79 Å². The third kappa shape index (κ3) is 15.0. The first-order chi connectivity index (χ1) is 14.3. The first-order valence-corrected chi connectivity index (χ1v) is 11.5. The Kier molecular flexibility index (Phi) is 16.2. The summed E-state index contributed by atoms with van der Waals surface area (Å²) in [6, 6.07) is 10.5. The molecule has 0 bridgehead atoms. The fraction of sp³-hybridized carbons (Fsp3) is 0.708. The molecule has 1 aromatic rings. The number of carbonyl (C=O) groups is 1. The molecule has 0 aliphatic rings. The lowest BCUT2D eigenvalue weighted by atomic mass is 10.1. The average molecular weight is 407 g/mol. The molecule has 0 saturated heterocycles. The molecule has 0 aliphatic heterocycles. The molecule has 0 fully saturated rings. The van der Waals surface area contributed by atoms with Gasteiger partial charge >= 0.3 is 6.09 Å². The van der Waals surface area contributed by atoms with E-state index in [1.54, 1.807) is 0 Å². The fourth-order valence-corrected chi connectivity index (χ4v) is 3.44. The van der Waals surface area contributed by atoms with Crippen molar-refractivity contribution in [2.75, 3.05) is 32.8 Å². The van der Waals surface area contributed by atoms with Crippen LogP contribution in [-0.4, -0.2) is 48.9 Å². The normalized spacial score (nSPS) is 11.0. The first kappa shape index (κ1) is 25.4. The van der Waals surface area contributed by atoms with Crippen LogP contribution in [0, 0.1) is 0 Å². The zero-order valence-corrected chi connectivity index (χ0v) is 18.4. The number of benzene rings is 1. The third-order valence-electron chi connectivity index (χ3n) is 5.10. The van der Waals surface area contributed by atoms with Gasteiger partial charge in [0, 0.05) is 19.6 Å². The van der Waals surface area contributed by atoms with Gasteiger partial charge in [0.25, 0.3) is 0 Å². The molecule has 0 aromatic heterocycles. The van der Waals surface area contributed by atoms with Gasteiger partial charge in [-0.25, -0.2) is 4.79 Å². The Morgan fingerprint density at radius 3 is 2.17 bits per heavy atom. The zero-order chi connectivity index (χ0) is 21.0. The van der Waals surface area contributed by atoms with E-state index in [4.69, 9.17) is 9.84 Å². The molecule has 1 rings (SSSR count). The predicted octanol–water partition coefficient (Wildman–Crippen LogP) is 5.13. The van der Waals surface area contributed by atoms with E-state index in [1.807, 2.05) is 6.07 Å². The second kappa shape index (κ2) is 18.4. The molecule has 166 valence electrons. The van der Waals surface area contributed by atoms with Crippen molar-refractivity contribution < 1.29 is 14.6 Å². The predicted molar refractivity (Wildman–Crippen MR) is 120 cm³/mol. The van der Waals surface area contributed by atoms with Gasteiger partial charge < -0.3 is 15.2 Å². The summed E-state index contributed by atoms with van der Waals surface area (Å²) in [6.07, 6.45) is 12.9. The molecule has 2 N–H and O–H groups in total. The second-order valence-electron chi connectivity index (χ2n) is 7.73. The average Bonchev–Trinajstić information content (AvgIpc) is 2.74. The van der Waals surface area contributed by atoms with Crippen molar-refractivity contribution in [3.8, 4) is 0 Å². The van der Waals surface area contributed by atoms with E-state index in [0.717, 1.165) is 19.6 Å². The maximum absolute atomic E-state index is 11.5. The highest BCUT2D eigenvalue weighted by Crippen LogP contribution is 2.11. The molecule has 5 nitrogen and oxygen atoms in total. The number of carbonyl (C=O) groups excluding carboxylic acids is 1. The molecule has 0 heterocycles. The largest absolute Gasteiger partial charge is 0.447 e. The maximum Gasteiger partial charge on any atom is 0.407 e. The van der Waals surface area contributed by atoms with Gasteiger partial charge in [-0.2, -0.15) is 0 Å². The first-order valence-electron chi connectivity index (χ1n) is 11.5. The molecule has 29 heavy (non-hydrogen) atoms. The summed E-state index contributed by atoms with van der Waals surface area (Å²) in [5.74, 6) is 0. The lowest BCUT2D eigenvalue weighted by molar-refractivity contribution is 0.118. The number of alkyl carbamates (subject to hydrolysis) is 1. The van der Waals surface area contributed by atoms with Gasteiger partial charge in [0.05, 0.1) is 6.61 Å². The Balaban J connectivity index is 2.21. The van der Waals surface area contributed by atoms with Gasteiger partial charge in [0.2, 0.25) is 0 Å². The lowest BCUT2D eigenvalue weighted by Crippen LogP contribution is -2.35. The maximum atomic E-state index is 11.5. The van der Waals surface area contributed by atoms with Crippen LogP contribution >= 0.6 is 0 Å². The highest BCUT2D eigenvalue weighted by atomic mass is 16.6. The smallest absolute Gasteiger partial charge is 0.407 e. The monoisotopic (exact) mass is 406 g/mol. The SMILES string of the molecule is CCCCCCCCCCCCN(CCNC(=O)OCCO)Cc1ccccc1. The highest BCUT2D eigenvalue weighted by molar-refractivity contribution is 5.67. The second-order valence-corrected chi connectivity index (χ2v) is 7.73. The Bertz CT molecular complexity index is 496. The minimum absolute atomic E-state index is 0.0398. The van der Waals surface area contributed by atoms with Crippen LogP contribution in [-0.2, 0) is 11.3 Å². The van der Waals surface area contributed by atoms with E-state index >= 15 is 0 Å². The molecule has 0 radical (unpaired) electrons. The number of ether oxygens (including phenoxy) is 1. The van der Waals surface area contributed by atoms with Crippen LogP contribution in [0.2, 0.25) is 0 Å². The Morgan fingerprint density at radius 1 is 0.931 bits per heavy atom. The number of aliphatic hydroxyl groups excluding tert-OH is 1. The fourth-order valence-electron chi connectivity index (χ4n) is 3.44. The van der Waals surface area contributed by atoms with Gasteiger partial charge in [0.15, 0.2) is 0 Å². The number of hydrogen-bond acceptors (Lipinski definition) is 4. The van der Waals surface area contributed by atoms with Crippen molar-refractivity contribution in [3.05, 3.63) is 35.9 Å². The minimum Gasteiger partial charge on any atom is -0.447 e. The minimum atomic E-state index is -0.461. The molecular weight excluding hydrogens is 364 g/mol. The van der Waals surface area contributed by atoms with Gasteiger partial charge in [-0.05, 0) is 18.5 Å². The molecule has 0 unspecified atom stereocenters. The van der Waals surface area contributed by atoms with Crippen molar-refractivity contribution >= 4 is 6.09 Å². The zero-order valence-electron chi connectivity index (χ0n) is 18.4.